The Morgan fingerprint density at radius 2 is 1.81 bits per heavy atom. The molecule has 0 atom stereocenters. The molecule has 0 aromatic heterocycles. The highest BCUT2D eigenvalue weighted by molar-refractivity contribution is 7.99. The third-order valence-corrected chi connectivity index (χ3v) is 3.78. The monoisotopic (exact) mass is 247 g/mol. The lowest BCUT2D eigenvalue weighted by Crippen LogP contribution is -2.43. The van der Waals surface area contributed by atoms with Crippen LogP contribution in [0, 0.1) is 5.92 Å². The summed E-state index contributed by atoms with van der Waals surface area (Å²) in [7, 11) is 0. The third-order valence-electron chi connectivity index (χ3n) is 2.53. The zero-order valence-corrected chi connectivity index (χ0v) is 9.37. The molecule has 0 aliphatic carbocycles. The third kappa shape index (κ3) is 2.92. The van der Waals surface area contributed by atoms with Gasteiger partial charge >= 0.3 is 6.18 Å². The molecule has 1 N–H and O–H groups in total. The van der Waals surface area contributed by atoms with Gasteiger partial charge in [-0.25, -0.2) is 0 Å². The predicted molar refractivity (Wildman–Crippen MR) is 58.5 cm³/mol. The van der Waals surface area contributed by atoms with Crippen molar-refractivity contribution in [1.82, 2.24) is 5.32 Å². The number of halogens is 3. The minimum Gasteiger partial charge on any atom is -0.316 e. The topological polar surface area (TPSA) is 12.0 Å². The Labute approximate surface area is 96.4 Å². The predicted octanol–water partition coefficient (Wildman–Crippen LogP) is 3.02. The van der Waals surface area contributed by atoms with Crippen LogP contribution in [-0.4, -0.2) is 18.8 Å². The highest BCUT2D eigenvalue weighted by Gasteiger charge is 2.29. The standard InChI is InChI=1S/C11H12F3NS/c12-11(13,14)9-1-3-10(4-2-9)16-7-8-5-15-6-8/h1-4,8,15H,5-7H2. The van der Waals surface area contributed by atoms with Gasteiger partial charge in [-0.1, -0.05) is 0 Å². The van der Waals surface area contributed by atoms with Crippen molar-refractivity contribution in [3.63, 3.8) is 0 Å². The summed E-state index contributed by atoms with van der Waals surface area (Å²) in [5.74, 6) is 1.63. The van der Waals surface area contributed by atoms with E-state index >= 15 is 0 Å². The first-order valence-electron chi connectivity index (χ1n) is 5.06. The fourth-order valence-corrected chi connectivity index (χ4v) is 2.41. The molecule has 1 heterocycles. The van der Waals surface area contributed by atoms with E-state index in [0.29, 0.717) is 5.92 Å². The van der Waals surface area contributed by atoms with Crippen LogP contribution in [0.5, 0.6) is 0 Å². The van der Waals surface area contributed by atoms with Crippen molar-refractivity contribution in [1.29, 1.82) is 0 Å². The Morgan fingerprint density at radius 3 is 2.25 bits per heavy atom. The van der Waals surface area contributed by atoms with Crippen molar-refractivity contribution in [3.8, 4) is 0 Å². The van der Waals surface area contributed by atoms with Crippen molar-refractivity contribution in [2.24, 2.45) is 5.92 Å². The van der Waals surface area contributed by atoms with Gasteiger partial charge in [0.2, 0.25) is 0 Å². The van der Waals surface area contributed by atoms with E-state index in [1.54, 1.807) is 23.9 Å². The summed E-state index contributed by atoms with van der Waals surface area (Å²) in [6.45, 7) is 2.04. The maximum absolute atomic E-state index is 12.3. The molecule has 1 aliphatic rings. The zero-order valence-electron chi connectivity index (χ0n) is 8.55. The minimum absolute atomic E-state index is 0.581. The van der Waals surface area contributed by atoms with Gasteiger partial charge in [0.1, 0.15) is 0 Å². The fourth-order valence-electron chi connectivity index (χ4n) is 1.42. The van der Waals surface area contributed by atoms with Crippen molar-refractivity contribution in [3.05, 3.63) is 29.8 Å². The molecule has 88 valence electrons. The van der Waals surface area contributed by atoms with Crippen LogP contribution in [-0.2, 0) is 6.18 Å². The molecule has 0 spiro atoms. The van der Waals surface area contributed by atoms with Gasteiger partial charge in [-0.05, 0) is 43.3 Å². The zero-order chi connectivity index (χ0) is 11.6. The van der Waals surface area contributed by atoms with E-state index in [4.69, 9.17) is 0 Å². The van der Waals surface area contributed by atoms with Crippen molar-refractivity contribution in [2.75, 3.05) is 18.8 Å². The number of hydrogen-bond donors (Lipinski definition) is 1. The summed E-state index contributed by atoms with van der Waals surface area (Å²) in [4.78, 5) is 0.903. The van der Waals surface area contributed by atoms with Gasteiger partial charge in [0.15, 0.2) is 0 Å². The lowest BCUT2D eigenvalue weighted by molar-refractivity contribution is -0.137. The second kappa shape index (κ2) is 4.67. The average molecular weight is 247 g/mol. The van der Waals surface area contributed by atoms with Crippen LogP contribution < -0.4 is 5.32 Å². The molecule has 0 amide bonds. The lowest BCUT2D eigenvalue weighted by atomic mass is 10.1. The highest BCUT2D eigenvalue weighted by atomic mass is 32.2. The van der Waals surface area contributed by atoms with Gasteiger partial charge in [-0.15, -0.1) is 11.8 Å². The minimum atomic E-state index is -4.24. The van der Waals surface area contributed by atoms with Crippen LogP contribution >= 0.6 is 11.8 Å². The Balaban J connectivity index is 1.91. The van der Waals surface area contributed by atoms with Gasteiger partial charge in [0, 0.05) is 10.6 Å². The van der Waals surface area contributed by atoms with Gasteiger partial charge in [0.05, 0.1) is 5.56 Å². The molecule has 5 heteroatoms. The quantitative estimate of drug-likeness (QED) is 0.824. The number of benzene rings is 1. The summed E-state index contributed by atoms with van der Waals surface area (Å²) in [5, 5.41) is 3.16. The van der Waals surface area contributed by atoms with Gasteiger partial charge in [0.25, 0.3) is 0 Å². The van der Waals surface area contributed by atoms with Crippen LogP contribution in [0.25, 0.3) is 0 Å². The Hall–Kier alpha value is -0.680. The van der Waals surface area contributed by atoms with E-state index in [1.807, 2.05) is 0 Å². The number of thioether (sulfide) groups is 1. The lowest BCUT2D eigenvalue weighted by Gasteiger charge is -2.26. The summed E-state index contributed by atoms with van der Waals surface area (Å²) >= 11 is 1.62. The molecule has 1 nitrogen and oxygen atoms in total. The summed E-state index contributed by atoms with van der Waals surface area (Å²) in [6.07, 6.45) is -4.24. The highest BCUT2D eigenvalue weighted by Crippen LogP contribution is 2.31. The first-order valence-corrected chi connectivity index (χ1v) is 6.05. The Morgan fingerprint density at radius 1 is 1.19 bits per heavy atom. The first kappa shape index (κ1) is 11.8. The molecule has 1 aromatic rings. The second-order valence-electron chi connectivity index (χ2n) is 3.86. The summed E-state index contributed by atoms with van der Waals surface area (Å²) in [5.41, 5.74) is -0.581. The second-order valence-corrected chi connectivity index (χ2v) is 4.95. The molecule has 1 fully saturated rings. The van der Waals surface area contributed by atoms with Gasteiger partial charge in [-0.3, -0.25) is 0 Å². The van der Waals surface area contributed by atoms with Crippen LogP contribution in [0.3, 0.4) is 0 Å². The number of rotatable bonds is 3. The van der Waals surface area contributed by atoms with Crippen LogP contribution in [0.1, 0.15) is 5.56 Å². The van der Waals surface area contributed by atoms with E-state index in [0.717, 1.165) is 35.9 Å². The molecule has 16 heavy (non-hydrogen) atoms. The summed E-state index contributed by atoms with van der Waals surface area (Å²) < 4.78 is 36.8. The average Bonchev–Trinajstić information content (AvgIpc) is 2.15. The van der Waals surface area contributed by atoms with Gasteiger partial charge in [-0.2, -0.15) is 13.2 Å². The largest absolute Gasteiger partial charge is 0.416 e. The fraction of sp³-hybridized carbons (Fsp3) is 0.455. The maximum Gasteiger partial charge on any atom is 0.416 e. The molecule has 1 saturated heterocycles. The molecule has 0 radical (unpaired) electrons. The molecule has 0 unspecified atom stereocenters. The van der Waals surface area contributed by atoms with Crippen molar-refractivity contribution < 1.29 is 13.2 Å². The molecular weight excluding hydrogens is 235 g/mol. The van der Waals surface area contributed by atoms with Crippen molar-refractivity contribution >= 4 is 11.8 Å². The Kier molecular flexibility index (Phi) is 3.44. The number of nitrogens with one attached hydrogen (secondary N) is 1. The summed E-state index contributed by atoms with van der Waals surface area (Å²) in [6, 6.07) is 5.36. The van der Waals surface area contributed by atoms with Crippen LogP contribution in [0.2, 0.25) is 0 Å². The normalized spacial score (nSPS) is 17.2. The number of alkyl halides is 3. The van der Waals surface area contributed by atoms with Crippen LogP contribution in [0.15, 0.2) is 29.2 Å². The number of hydrogen-bond acceptors (Lipinski definition) is 2. The van der Waals surface area contributed by atoms with E-state index in [9.17, 15) is 13.2 Å². The smallest absolute Gasteiger partial charge is 0.316 e. The molecule has 0 saturated carbocycles. The molecular formula is C11H12F3NS. The molecule has 0 bridgehead atoms. The molecule has 1 aromatic carbocycles. The molecule has 2 rings (SSSR count). The first-order chi connectivity index (χ1) is 7.55. The van der Waals surface area contributed by atoms with Gasteiger partial charge < -0.3 is 5.32 Å². The van der Waals surface area contributed by atoms with E-state index < -0.39 is 11.7 Å². The Bertz CT molecular complexity index is 343. The van der Waals surface area contributed by atoms with Crippen molar-refractivity contribution in [2.45, 2.75) is 11.1 Å². The van der Waals surface area contributed by atoms with E-state index in [2.05, 4.69) is 5.32 Å². The SMILES string of the molecule is FC(F)(F)c1ccc(SCC2CNC2)cc1. The maximum atomic E-state index is 12.3. The van der Waals surface area contributed by atoms with E-state index in [1.165, 1.54) is 0 Å². The van der Waals surface area contributed by atoms with Crippen LogP contribution in [0.4, 0.5) is 13.2 Å². The van der Waals surface area contributed by atoms with E-state index in [-0.39, 0.29) is 0 Å². The molecule has 1 aliphatic heterocycles.